The number of hydrogen-bond donors (Lipinski definition) is 1. The Balaban J connectivity index is 1.70. The summed E-state index contributed by atoms with van der Waals surface area (Å²) in [5, 5.41) is 3.34. The Morgan fingerprint density at radius 1 is 1.34 bits per heavy atom. The fraction of sp³-hybridized carbons (Fsp3) is 0.522. The van der Waals surface area contributed by atoms with E-state index in [0.717, 1.165) is 30.7 Å². The number of aromatic nitrogens is 1. The lowest BCUT2D eigenvalue weighted by atomic mass is 9.69. The van der Waals surface area contributed by atoms with Gasteiger partial charge in [0.15, 0.2) is 5.78 Å². The Kier molecular flexibility index (Phi) is 5.30. The van der Waals surface area contributed by atoms with Crippen LogP contribution in [0.2, 0.25) is 0 Å². The third kappa shape index (κ3) is 3.99. The second-order valence-electron chi connectivity index (χ2n) is 8.92. The van der Waals surface area contributed by atoms with E-state index < -0.39 is 11.9 Å². The van der Waals surface area contributed by atoms with E-state index >= 15 is 0 Å². The first kappa shape index (κ1) is 19.8. The number of ketones is 1. The van der Waals surface area contributed by atoms with Gasteiger partial charge in [-0.3, -0.25) is 9.78 Å². The summed E-state index contributed by atoms with van der Waals surface area (Å²) in [5.74, 6) is -0.852. The lowest BCUT2D eigenvalue weighted by Gasteiger charge is -2.39. The molecule has 6 heteroatoms. The normalized spacial score (nSPS) is 26.2. The Labute approximate surface area is 171 Å². The number of carbonyl (C=O) groups is 2. The van der Waals surface area contributed by atoms with Crippen LogP contribution < -0.4 is 5.32 Å². The minimum Gasteiger partial charge on any atom is -0.459 e. The molecule has 2 atom stereocenters. The van der Waals surface area contributed by atoms with Gasteiger partial charge in [0.05, 0.1) is 23.3 Å². The van der Waals surface area contributed by atoms with Crippen LogP contribution in [0, 0.1) is 5.41 Å². The molecule has 4 rings (SSSR count). The van der Waals surface area contributed by atoms with Gasteiger partial charge in [-0.1, -0.05) is 19.9 Å². The first-order valence-electron chi connectivity index (χ1n) is 10.3. The molecular formula is C23H28N2O4. The van der Waals surface area contributed by atoms with Gasteiger partial charge in [-0.2, -0.15) is 0 Å². The first-order valence-corrected chi connectivity index (χ1v) is 10.3. The monoisotopic (exact) mass is 396 g/mol. The first-order chi connectivity index (χ1) is 13.9. The van der Waals surface area contributed by atoms with Crippen molar-refractivity contribution < 1.29 is 19.1 Å². The molecular weight excluding hydrogens is 368 g/mol. The minimum atomic E-state index is -0.506. The fourth-order valence-electron chi connectivity index (χ4n) is 4.57. The molecule has 154 valence electrons. The summed E-state index contributed by atoms with van der Waals surface area (Å²) in [6.07, 6.45) is 4.75. The third-order valence-corrected chi connectivity index (χ3v) is 5.87. The summed E-state index contributed by atoms with van der Waals surface area (Å²) in [6, 6.07) is 5.58. The lowest BCUT2D eigenvalue weighted by Crippen LogP contribution is -2.39. The second kappa shape index (κ2) is 7.75. The van der Waals surface area contributed by atoms with Gasteiger partial charge < -0.3 is 14.8 Å². The molecule has 29 heavy (non-hydrogen) atoms. The molecule has 3 heterocycles. The summed E-state index contributed by atoms with van der Waals surface area (Å²) < 4.78 is 11.2. The highest BCUT2D eigenvalue weighted by molar-refractivity contribution is 6.04. The third-order valence-electron chi connectivity index (χ3n) is 5.87. The van der Waals surface area contributed by atoms with Gasteiger partial charge in [-0.25, -0.2) is 4.79 Å². The molecule has 0 bridgehead atoms. The van der Waals surface area contributed by atoms with Crippen molar-refractivity contribution >= 4 is 11.8 Å². The number of nitrogens with one attached hydrogen (secondary N) is 1. The number of dihydropyridines is 1. The molecule has 0 radical (unpaired) electrons. The number of esters is 1. The van der Waals surface area contributed by atoms with Gasteiger partial charge in [-0.05, 0) is 43.7 Å². The van der Waals surface area contributed by atoms with Crippen LogP contribution in [-0.4, -0.2) is 36.1 Å². The van der Waals surface area contributed by atoms with Crippen LogP contribution in [0.5, 0.6) is 0 Å². The highest BCUT2D eigenvalue weighted by Crippen LogP contribution is 2.46. The largest absolute Gasteiger partial charge is 0.459 e. The number of hydrogen-bond acceptors (Lipinski definition) is 6. The summed E-state index contributed by atoms with van der Waals surface area (Å²) >= 11 is 0. The molecule has 2 aliphatic heterocycles. The van der Waals surface area contributed by atoms with Crippen molar-refractivity contribution in [3.63, 3.8) is 0 Å². The Hall–Kier alpha value is -2.47. The van der Waals surface area contributed by atoms with Crippen molar-refractivity contribution in [2.75, 3.05) is 13.2 Å². The zero-order valence-electron chi connectivity index (χ0n) is 17.3. The molecule has 0 aromatic carbocycles. The molecule has 1 fully saturated rings. The molecule has 1 saturated heterocycles. The number of pyridine rings is 1. The van der Waals surface area contributed by atoms with Crippen LogP contribution in [0.4, 0.5) is 0 Å². The predicted molar refractivity (Wildman–Crippen MR) is 108 cm³/mol. The average Bonchev–Trinajstić information content (AvgIpc) is 3.18. The van der Waals surface area contributed by atoms with Crippen LogP contribution in [0.15, 0.2) is 46.9 Å². The number of allylic oxidation sites excluding steroid dienone is 3. The Morgan fingerprint density at radius 2 is 2.17 bits per heavy atom. The van der Waals surface area contributed by atoms with Crippen molar-refractivity contribution in [3.8, 4) is 0 Å². The number of rotatable bonds is 4. The smallest absolute Gasteiger partial charge is 0.336 e. The maximum Gasteiger partial charge on any atom is 0.336 e. The standard InChI is InChI=1S/C23H28N2O4/c1-14-19(22(27)29-13-15-7-6-10-28-15)21(16-8-4-5-9-24-16)20-17(25-14)11-23(2,3)12-18(20)26/h4-5,8-9,15,21,25H,6-7,10-13H2,1-3H3/t15-,21+/m1/s1. The second-order valence-corrected chi connectivity index (χ2v) is 8.92. The van der Waals surface area contributed by atoms with Crippen LogP contribution >= 0.6 is 0 Å². The van der Waals surface area contributed by atoms with Crippen LogP contribution in [0.3, 0.4) is 0 Å². The maximum absolute atomic E-state index is 13.1. The predicted octanol–water partition coefficient (Wildman–Crippen LogP) is 3.41. The van der Waals surface area contributed by atoms with Gasteiger partial charge in [0.25, 0.3) is 0 Å². The van der Waals surface area contributed by atoms with Gasteiger partial charge in [0.1, 0.15) is 6.61 Å². The molecule has 1 aliphatic carbocycles. The van der Waals surface area contributed by atoms with Crippen LogP contribution in [0.25, 0.3) is 0 Å². The van der Waals surface area contributed by atoms with Crippen molar-refractivity contribution in [2.45, 2.75) is 58.5 Å². The molecule has 6 nitrogen and oxygen atoms in total. The van der Waals surface area contributed by atoms with Crippen LogP contribution in [-0.2, 0) is 19.1 Å². The maximum atomic E-state index is 13.1. The van der Waals surface area contributed by atoms with Crippen molar-refractivity contribution in [3.05, 3.63) is 52.6 Å². The minimum absolute atomic E-state index is 0.0448. The van der Waals surface area contributed by atoms with Gasteiger partial charge in [0, 0.05) is 36.2 Å². The molecule has 0 amide bonds. The average molecular weight is 396 g/mol. The Morgan fingerprint density at radius 3 is 2.86 bits per heavy atom. The lowest BCUT2D eigenvalue weighted by molar-refractivity contribution is -0.142. The molecule has 0 spiro atoms. The van der Waals surface area contributed by atoms with E-state index in [-0.39, 0.29) is 23.9 Å². The summed E-state index contributed by atoms with van der Waals surface area (Å²) in [5.41, 5.74) is 3.32. The van der Waals surface area contributed by atoms with Crippen molar-refractivity contribution in [1.29, 1.82) is 0 Å². The van der Waals surface area contributed by atoms with E-state index in [9.17, 15) is 9.59 Å². The van der Waals surface area contributed by atoms with E-state index in [2.05, 4.69) is 24.1 Å². The number of Topliss-reactive ketones (excluding diaryl/α,β-unsaturated/α-hetero) is 1. The quantitative estimate of drug-likeness (QED) is 0.786. The number of carbonyl (C=O) groups excluding carboxylic acids is 2. The van der Waals surface area contributed by atoms with E-state index in [4.69, 9.17) is 9.47 Å². The van der Waals surface area contributed by atoms with E-state index in [1.54, 1.807) is 6.20 Å². The zero-order valence-corrected chi connectivity index (χ0v) is 17.3. The summed E-state index contributed by atoms with van der Waals surface area (Å²) in [6.45, 7) is 7.00. The van der Waals surface area contributed by atoms with Gasteiger partial charge in [0.2, 0.25) is 0 Å². The van der Waals surface area contributed by atoms with Gasteiger partial charge >= 0.3 is 5.97 Å². The van der Waals surface area contributed by atoms with E-state index in [1.807, 2.05) is 25.1 Å². The highest BCUT2D eigenvalue weighted by atomic mass is 16.6. The van der Waals surface area contributed by atoms with Crippen molar-refractivity contribution in [2.24, 2.45) is 5.41 Å². The number of nitrogens with zero attached hydrogens (tertiary/aromatic N) is 1. The number of ether oxygens (including phenoxy) is 2. The molecule has 3 aliphatic rings. The molecule has 0 unspecified atom stereocenters. The summed E-state index contributed by atoms with van der Waals surface area (Å²) in [7, 11) is 0. The molecule has 1 N–H and O–H groups in total. The topological polar surface area (TPSA) is 77.5 Å². The molecule has 1 aromatic rings. The molecule has 1 aromatic heterocycles. The summed E-state index contributed by atoms with van der Waals surface area (Å²) in [4.78, 5) is 30.8. The molecule has 0 saturated carbocycles. The van der Waals surface area contributed by atoms with Crippen LogP contribution in [0.1, 0.15) is 58.1 Å². The highest BCUT2D eigenvalue weighted by Gasteiger charge is 2.43. The van der Waals surface area contributed by atoms with E-state index in [0.29, 0.717) is 29.9 Å². The van der Waals surface area contributed by atoms with Crippen molar-refractivity contribution in [1.82, 2.24) is 10.3 Å². The van der Waals surface area contributed by atoms with E-state index in [1.165, 1.54) is 0 Å². The zero-order chi connectivity index (χ0) is 20.6. The SMILES string of the molecule is CC1=C(C(=O)OC[C@H]2CCCO2)[C@H](c2ccccn2)C2=C(CC(C)(C)CC2=O)N1. The Bertz CT molecular complexity index is 879. The van der Waals surface area contributed by atoms with Gasteiger partial charge in [-0.15, -0.1) is 0 Å². The fourth-order valence-corrected chi connectivity index (χ4v) is 4.57.